The van der Waals surface area contributed by atoms with E-state index in [0.29, 0.717) is 17.0 Å². The normalized spacial score (nSPS) is 18.0. The van der Waals surface area contributed by atoms with Gasteiger partial charge < -0.3 is 4.90 Å². The van der Waals surface area contributed by atoms with Crippen LogP contribution in [0.25, 0.3) is 5.69 Å². The summed E-state index contributed by atoms with van der Waals surface area (Å²) in [7, 11) is 0. The number of amides is 1. The monoisotopic (exact) mass is 345 g/mol. The van der Waals surface area contributed by atoms with Gasteiger partial charge in [-0.3, -0.25) is 4.79 Å². The minimum absolute atomic E-state index is 0.168. The molecule has 6 nitrogen and oxygen atoms in total. The van der Waals surface area contributed by atoms with Crippen molar-refractivity contribution in [1.82, 2.24) is 25.1 Å². The standard InChI is InChI=1S/C17H23N5OS/c1-12-7-8-15(10-13(12)2)22-17(18-19-20-22)24-11-16(23)21-9-5-4-6-14(21)3/h7-8,10,14H,4-6,9,11H2,1-3H3/t14-/m1/s1. The van der Waals surface area contributed by atoms with Crippen molar-refractivity contribution in [3.8, 4) is 5.69 Å². The van der Waals surface area contributed by atoms with E-state index in [1.165, 1.54) is 29.3 Å². The molecule has 0 N–H and O–H groups in total. The molecule has 2 aromatic rings. The van der Waals surface area contributed by atoms with Crippen LogP contribution in [0.15, 0.2) is 23.4 Å². The van der Waals surface area contributed by atoms with Gasteiger partial charge in [-0.05, 0) is 73.7 Å². The number of hydrogen-bond donors (Lipinski definition) is 0. The van der Waals surface area contributed by atoms with Crippen molar-refractivity contribution in [3.05, 3.63) is 29.3 Å². The molecule has 1 atom stereocenters. The lowest BCUT2D eigenvalue weighted by atomic mass is 10.0. The summed E-state index contributed by atoms with van der Waals surface area (Å²) in [4.78, 5) is 14.5. The summed E-state index contributed by atoms with van der Waals surface area (Å²) >= 11 is 1.40. The maximum Gasteiger partial charge on any atom is 0.233 e. The van der Waals surface area contributed by atoms with Crippen LogP contribution in [0.5, 0.6) is 0 Å². The quantitative estimate of drug-likeness (QED) is 0.797. The molecule has 1 fully saturated rings. The number of piperidine rings is 1. The molecule has 0 radical (unpaired) electrons. The molecule has 0 bridgehead atoms. The highest BCUT2D eigenvalue weighted by Crippen LogP contribution is 2.22. The molecule has 1 aliphatic rings. The average Bonchev–Trinajstić information content (AvgIpc) is 3.04. The van der Waals surface area contributed by atoms with Gasteiger partial charge >= 0.3 is 0 Å². The maximum absolute atomic E-state index is 12.5. The number of aromatic nitrogens is 4. The third-order valence-electron chi connectivity index (χ3n) is 4.62. The second-order valence-electron chi connectivity index (χ2n) is 6.36. The van der Waals surface area contributed by atoms with Crippen LogP contribution in [0.1, 0.15) is 37.3 Å². The first-order valence-electron chi connectivity index (χ1n) is 8.34. The predicted octanol–water partition coefficient (Wildman–Crippen LogP) is 2.77. The van der Waals surface area contributed by atoms with Gasteiger partial charge in [0.15, 0.2) is 0 Å². The van der Waals surface area contributed by atoms with E-state index in [4.69, 9.17) is 0 Å². The summed E-state index contributed by atoms with van der Waals surface area (Å²) in [5.74, 6) is 0.539. The smallest absolute Gasteiger partial charge is 0.233 e. The molecule has 7 heteroatoms. The highest BCUT2D eigenvalue weighted by molar-refractivity contribution is 7.99. The van der Waals surface area contributed by atoms with Crippen molar-refractivity contribution in [3.63, 3.8) is 0 Å². The summed E-state index contributed by atoms with van der Waals surface area (Å²) in [6, 6.07) is 6.45. The number of tetrazole rings is 1. The number of aryl methyl sites for hydroxylation is 2. The number of hydrogen-bond acceptors (Lipinski definition) is 5. The van der Waals surface area contributed by atoms with E-state index in [-0.39, 0.29) is 5.91 Å². The van der Waals surface area contributed by atoms with Crippen LogP contribution in [-0.4, -0.2) is 49.4 Å². The van der Waals surface area contributed by atoms with Gasteiger partial charge in [0.2, 0.25) is 11.1 Å². The molecule has 128 valence electrons. The highest BCUT2D eigenvalue weighted by atomic mass is 32.2. The Morgan fingerprint density at radius 2 is 2.12 bits per heavy atom. The molecule has 1 saturated heterocycles. The first-order chi connectivity index (χ1) is 11.6. The lowest BCUT2D eigenvalue weighted by Crippen LogP contribution is -2.42. The van der Waals surface area contributed by atoms with E-state index >= 15 is 0 Å². The Balaban J connectivity index is 1.69. The van der Waals surface area contributed by atoms with Gasteiger partial charge in [-0.1, -0.05) is 17.8 Å². The number of benzene rings is 1. The van der Waals surface area contributed by atoms with Gasteiger partial charge in [0.1, 0.15) is 0 Å². The summed E-state index contributed by atoms with van der Waals surface area (Å²) in [6.07, 6.45) is 3.40. The second kappa shape index (κ2) is 7.34. The van der Waals surface area contributed by atoms with Crippen molar-refractivity contribution in [1.29, 1.82) is 0 Å². The lowest BCUT2D eigenvalue weighted by Gasteiger charge is -2.33. The Morgan fingerprint density at radius 1 is 1.29 bits per heavy atom. The highest BCUT2D eigenvalue weighted by Gasteiger charge is 2.23. The molecule has 24 heavy (non-hydrogen) atoms. The molecule has 0 aliphatic carbocycles. The van der Waals surface area contributed by atoms with Crippen LogP contribution in [-0.2, 0) is 4.79 Å². The van der Waals surface area contributed by atoms with Gasteiger partial charge in [-0.25, -0.2) is 0 Å². The number of likely N-dealkylation sites (tertiary alicyclic amines) is 1. The van der Waals surface area contributed by atoms with E-state index in [2.05, 4.69) is 48.4 Å². The first-order valence-corrected chi connectivity index (χ1v) is 9.33. The summed E-state index contributed by atoms with van der Waals surface area (Å²) in [6.45, 7) is 7.13. The third kappa shape index (κ3) is 3.61. The first kappa shape index (κ1) is 17.0. The Bertz CT molecular complexity index is 730. The van der Waals surface area contributed by atoms with E-state index in [1.807, 2.05) is 11.0 Å². The Labute approximate surface area is 146 Å². The fourth-order valence-corrected chi connectivity index (χ4v) is 3.74. The van der Waals surface area contributed by atoms with Crippen LogP contribution < -0.4 is 0 Å². The number of nitrogens with zero attached hydrogens (tertiary/aromatic N) is 5. The van der Waals surface area contributed by atoms with Gasteiger partial charge in [0.05, 0.1) is 11.4 Å². The fourth-order valence-electron chi connectivity index (χ4n) is 2.97. The van der Waals surface area contributed by atoms with Crippen molar-refractivity contribution < 1.29 is 4.79 Å². The van der Waals surface area contributed by atoms with E-state index in [0.717, 1.165) is 25.1 Å². The zero-order valence-electron chi connectivity index (χ0n) is 14.4. The van der Waals surface area contributed by atoms with Crippen LogP contribution in [0.3, 0.4) is 0 Å². The number of thioether (sulfide) groups is 1. The molecule has 0 spiro atoms. The van der Waals surface area contributed by atoms with E-state index in [1.54, 1.807) is 4.68 Å². The van der Waals surface area contributed by atoms with Gasteiger partial charge in [-0.2, -0.15) is 4.68 Å². The minimum Gasteiger partial charge on any atom is -0.339 e. The third-order valence-corrected chi connectivity index (χ3v) is 5.53. The van der Waals surface area contributed by atoms with Crippen LogP contribution in [0.4, 0.5) is 0 Å². The molecule has 0 saturated carbocycles. The SMILES string of the molecule is Cc1ccc(-n2nnnc2SCC(=O)N2CCCC[C@H]2C)cc1C. The molecule has 1 aromatic heterocycles. The van der Waals surface area contributed by atoms with Crippen molar-refractivity contribution in [2.45, 2.75) is 51.2 Å². The summed E-state index contributed by atoms with van der Waals surface area (Å²) in [5, 5.41) is 12.6. The molecule has 1 amide bonds. The lowest BCUT2D eigenvalue weighted by molar-refractivity contribution is -0.131. The van der Waals surface area contributed by atoms with Crippen molar-refractivity contribution >= 4 is 17.7 Å². The molecule has 3 rings (SSSR count). The van der Waals surface area contributed by atoms with Gasteiger partial charge in [0.25, 0.3) is 0 Å². The minimum atomic E-state index is 0.168. The Morgan fingerprint density at radius 3 is 2.88 bits per heavy atom. The summed E-state index contributed by atoms with van der Waals surface area (Å²) in [5.41, 5.74) is 3.34. The fraction of sp³-hybridized carbons (Fsp3) is 0.529. The van der Waals surface area contributed by atoms with Crippen LogP contribution in [0.2, 0.25) is 0 Å². The van der Waals surface area contributed by atoms with Crippen molar-refractivity contribution in [2.75, 3.05) is 12.3 Å². The van der Waals surface area contributed by atoms with Gasteiger partial charge in [-0.15, -0.1) is 5.10 Å². The maximum atomic E-state index is 12.5. The Hall–Kier alpha value is -1.89. The Kier molecular flexibility index (Phi) is 5.18. The number of rotatable bonds is 4. The number of carbonyl (C=O) groups excluding carboxylic acids is 1. The van der Waals surface area contributed by atoms with Crippen LogP contribution >= 0.6 is 11.8 Å². The topological polar surface area (TPSA) is 63.9 Å². The van der Waals surface area contributed by atoms with Crippen molar-refractivity contribution in [2.24, 2.45) is 0 Å². The molecule has 2 heterocycles. The molecular weight excluding hydrogens is 322 g/mol. The predicted molar refractivity (Wildman–Crippen MR) is 94.4 cm³/mol. The second-order valence-corrected chi connectivity index (χ2v) is 7.30. The van der Waals surface area contributed by atoms with Gasteiger partial charge in [0, 0.05) is 12.6 Å². The molecule has 1 aliphatic heterocycles. The molecule has 1 aromatic carbocycles. The zero-order chi connectivity index (χ0) is 17.1. The largest absolute Gasteiger partial charge is 0.339 e. The average molecular weight is 345 g/mol. The van der Waals surface area contributed by atoms with E-state index in [9.17, 15) is 4.79 Å². The summed E-state index contributed by atoms with van der Waals surface area (Å²) < 4.78 is 1.70. The number of carbonyl (C=O) groups is 1. The molecular formula is C17H23N5OS. The zero-order valence-corrected chi connectivity index (χ0v) is 15.2. The molecule has 0 unspecified atom stereocenters. The van der Waals surface area contributed by atoms with E-state index < -0.39 is 0 Å². The van der Waals surface area contributed by atoms with Crippen LogP contribution in [0, 0.1) is 13.8 Å².